The number of carbonyl (C=O) groups is 2. The standard InChI is InChI=1S/C18H15ClF2N2O3/c1-18(11-2-7-14(20)15(21)10-11)16(24)23(17(25)22-18)8-9-26-13-5-3-12(19)4-6-13/h2-7,10H,8-9H2,1H3,(H,22,25). The van der Waals surface area contributed by atoms with Crippen molar-refractivity contribution in [1.29, 1.82) is 0 Å². The molecule has 2 aromatic carbocycles. The lowest BCUT2D eigenvalue weighted by Gasteiger charge is -2.22. The van der Waals surface area contributed by atoms with Crippen molar-refractivity contribution in [2.24, 2.45) is 0 Å². The maximum atomic E-state index is 13.5. The Morgan fingerprint density at radius 3 is 2.46 bits per heavy atom. The largest absolute Gasteiger partial charge is 0.492 e. The van der Waals surface area contributed by atoms with Gasteiger partial charge in [-0.2, -0.15) is 0 Å². The predicted octanol–water partition coefficient (Wildman–Crippen LogP) is 3.46. The summed E-state index contributed by atoms with van der Waals surface area (Å²) >= 11 is 5.79. The number of hydrogen-bond acceptors (Lipinski definition) is 3. The Labute approximate surface area is 153 Å². The highest BCUT2D eigenvalue weighted by Crippen LogP contribution is 2.29. The van der Waals surface area contributed by atoms with Crippen LogP contribution in [0.5, 0.6) is 5.75 Å². The maximum absolute atomic E-state index is 13.5. The number of carbonyl (C=O) groups excluding carboxylic acids is 2. The lowest BCUT2D eigenvalue weighted by atomic mass is 9.92. The Kier molecular flexibility index (Phi) is 4.82. The summed E-state index contributed by atoms with van der Waals surface area (Å²) in [6, 6.07) is 9.11. The summed E-state index contributed by atoms with van der Waals surface area (Å²) in [5, 5.41) is 3.09. The lowest BCUT2D eigenvalue weighted by molar-refractivity contribution is -0.131. The third-order valence-corrected chi connectivity index (χ3v) is 4.42. The first-order valence-electron chi connectivity index (χ1n) is 7.79. The minimum Gasteiger partial charge on any atom is -0.492 e. The van der Waals surface area contributed by atoms with Crippen molar-refractivity contribution in [1.82, 2.24) is 10.2 Å². The molecule has 136 valence electrons. The molecular formula is C18H15ClF2N2O3. The van der Waals surface area contributed by atoms with Crippen molar-refractivity contribution in [2.45, 2.75) is 12.5 Å². The Hall–Kier alpha value is -2.67. The van der Waals surface area contributed by atoms with Gasteiger partial charge in [0.2, 0.25) is 0 Å². The van der Waals surface area contributed by atoms with E-state index in [0.717, 1.165) is 17.0 Å². The van der Waals surface area contributed by atoms with Gasteiger partial charge in [-0.05, 0) is 48.9 Å². The fourth-order valence-electron chi connectivity index (χ4n) is 2.69. The van der Waals surface area contributed by atoms with E-state index in [2.05, 4.69) is 5.32 Å². The van der Waals surface area contributed by atoms with E-state index < -0.39 is 29.1 Å². The third kappa shape index (κ3) is 3.35. The van der Waals surface area contributed by atoms with Gasteiger partial charge in [0.05, 0.1) is 6.54 Å². The van der Waals surface area contributed by atoms with Gasteiger partial charge in [-0.3, -0.25) is 9.69 Å². The van der Waals surface area contributed by atoms with Gasteiger partial charge in [0.1, 0.15) is 17.9 Å². The second kappa shape index (κ2) is 6.92. The number of ether oxygens (including phenoxy) is 1. The van der Waals surface area contributed by atoms with Crippen LogP contribution in [0.25, 0.3) is 0 Å². The van der Waals surface area contributed by atoms with E-state index in [0.29, 0.717) is 10.8 Å². The van der Waals surface area contributed by atoms with E-state index in [1.807, 2.05) is 0 Å². The first-order chi connectivity index (χ1) is 12.3. The molecule has 0 saturated carbocycles. The second-order valence-electron chi connectivity index (χ2n) is 5.94. The number of imide groups is 1. The summed E-state index contributed by atoms with van der Waals surface area (Å²) in [5.74, 6) is -2.13. The molecule has 0 spiro atoms. The molecule has 1 heterocycles. The molecule has 2 aromatic rings. The van der Waals surface area contributed by atoms with Crippen LogP contribution in [0.4, 0.5) is 13.6 Å². The number of hydrogen-bond donors (Lipinski definition) is 1. The zero-order chi connectivity index (χ0) is 18.9. The minimum absolute atomic E-state index is 0.00651. The summed E-state index contributed by atoms with van der Waals surface area (Å²) in [4.78, 5) is 25.8. The maximum Gasteiger partial charge on any atom is 0.325 e. The molecule has 0 aliphatic carbocycles. The monoisotopic (exact) mass is 380 g/mol. The van der Waals surface area contributed by atoms with Gasteiger partial charge in [-0.15, -0.1) is 0 Å². The SMILES string of the molecule is CC1(c2ccc(F)c(F)c2)NC(=O)N(CCOc2ccc(Cl)cc2)C1=O. The van der Waals surface area contributed by atoms with Gasteiger partial charge >= 0.3 is 6.03 Å². The van der Waals surface area contributed by atoms with Crippen LogP contribution < -0.4 is 10.1 Å². The number of amides is 3. The van der Waals surface area contributed by atoms with Gasteiger partial charge in [-0.1, -0.05) is 17.7 Å². The number of nitrogens with one attached hydrogen (secondary N) is 1. The molecule has 1 atom stereocenters. The Morgan fingerprint density at radius 1 is 1.12 bits per heavy atom. The summed E-state index contributed by atoms with van der Waals surface area (Å²) in [7, 11) is 0. The van der Waals surface area contributed by atoms with Crippen molar-refractivity contribution >= 4 is 23.5 Å². The average molecular weight is 381 g/mol. The van der Waals surface area contributed by atoms with Gasteiger partial charge < -0.3 is 10.1 Å². The summed E-state index contributed by atoms with van der Waals surface area (Å²) < 4.78 is 32.1. The quantitative estimate of drug-likeness (QED) is 0.808. The van der Waals surface area contributed by atoms with E-state index in [1.54, 1.807) is 24.3 Å². The molecule has 26 heavy (non-hydrogen) atoms. The average Bonchev–Trinajstić information content (AvgIpc) is 2.83. The second-order valence-corrected chi connectivity index (χ2v) is 6.38. The minimum atomic E-state index is -1.47. The summed E-state index contributed by atoms with van der Waals surface area (Å²) in [6.07, 6.45) is 0. The highest BCUT2D eigenvalue weighted by atomic mass is 35.5. The number of urea groups is 1. The fraction of sp³-hybridized carbons (Fsp3) is 0.222. The normalized spacial score (nSPS) is 19.6. The first-order valence-corrected chi connectivity index (χ1v) is 8.17. The van der Waals surface area contributed by atoms with Crippen LogP contribution in [-0.4, -0.2) is 30.0 Å². The van der Waals surface area contributed by atoms with Crippen molar-refractivity contribution in [2.75, 3.05) is 13.2 Å². The van der Waals surface area contributed by atoms with Crippen LogP contribution >= 0.6 is 11.6 Å². The fourth-order valence-corrected chi connectivity index (χ4v) is 2.81. The van der Waals surface area contributed by atoms with Gasteiger partial charge in [-0.25, -0.2) is 13.6 Å². The predicted molar refractivity (Wildman–Crippen MR) is 90.9 cm³/mol. The molecule has 1 unspecified atom stereocenters. The molecule has 0 aromatic heterocycles. The lowest BCUT2D eigenvalue weighted by Crippen LogP contribution is -2.41. The molecule has 8 heteroatoms. The van der Waals surface area contributed by atoms with Crippen molar-refractivity contribution < 1.29 is 23.1 Å². The van der Waals surface area contributed by atoms with Crippen LogP contribution in [0, 0.1) is 11.6 Å². The molecule has 1 aliphatic heterocycles. The van der Waals surface area contributed by atoms with Crippen LogP contribution in [0.2, 0.25) is 5.02 Å². The number of halogens is 3. The van der Waals surface area contributed by atoms with Crippen molar-refractivity contribution in [3.8, 4) is 5.75 Å². The molecule has 5 nitrogen and oxygen atoms in total. The Balaban J connectivity index is 1.69. The van der Waals surface area contributed by atoms with Crippen LogP contribution in [-0.2, 0) is 10.3 Å². The van der Waals surface area contributed by atoms with Crippen LogP contribution in [0.15, 0.2) is 42.5 Å². The van der Waals surface area contributed by atoms with E-state index >= 15 is 0 Å². The molecule has 1 fully saturated rings. The zero-order valence-corrected chi connectivity index (χ0v) is 14.5. The molecule has 1 aliphatic rings. The van der Waals surface area contributed by atoms with E-state index in [9.17, 15) is 18.4 Å². The van der Waals surface area contributed by atoms with Gasteiger partial charge in [0.25, 0.3) is 5.91 Å². The highest BCUT2D eigenvalue weighted by molar-refractivity contribution is 6.30. The van der Waals surface area contributed by atoms with Crippen molar-refractivity contribution in [3.05, 3.63) is 64.7 Å². The number of rotatable bonds is 5. The molecule has 0 radical (unpaired) electrons. The highest BCUT2D eigenvalue weighted by Gasteiger charge is 2.49. The molecule has 3 amide bonds. The molecule has 1 saturated heterocycles. The third-order valence-electron chi connectivity index (χ3n) is 4.17. The van der Waals surface area contributed by atoms with E-state index in [1.165, 1.54) is 13.0 Å². The number of benzene rings is 2. The topological polar surface area (TPSA) is 58.6 Å². The summed E-state index contributed by atoms with van der Waals surface area (Å²) in [5.41, 5.74) is -1.30. The molecule has 0 bridgehead atoms. The molecule has 3 rings (SSSR count). The van der Waals surface area contributed by atoms with Crippen LogP contribution in [0.3, 0.4) is 0 Å². The first kappa shape index (κ1) is 18.1. The van der Waals surface area contributed by atoms with Gasteiger partial charge in [0.15, 0.2) is 11.6 Å². The summed E-state index contributed by atoms with van der Waals surface area (Å²) in [6.45, 7) is 1.53. The van der Waals surface area contributed by atoms with E-state index in [4.69, 9.17) is 16.3 Å². The smallest absolute Gasteiger partial charge is 0.325 e. The Bertz CT molecular complexity index is 860. The van der Waals surface area contributed by atoms with Crippen LogP contribution in [0.1, 0.15) is 12.5 Å². The van der Waals surface area contributed by atoms with Gasteiger partial charge in [0, 0.05) is 5.02 Å². The zero-order valence-electron chi connectivity index (χ0n) is 13.8. The Morgan fingerprint density at radius 2 is 1.81 bits per heavy atom. The molecule has 1 N–H and O–H groups in total. The molecular weight excluding hydrogens is 366 g/mol. The van der Waals surface area contributed by atoms with E-state index in [-0.39, 0.29) is 18.7 Å². The number of nitrogens with zero attached hydrogens (tertiary/aromatic N) is 1. The van der Waals surface area contributed by atoms with Crippen molar-refractivity contribution in [3.63, 3.8) is 0 Å².